The molecule has 118 valence electrons. The molecule has 2 rings (SSSR count). The van der Waals surface area contributed by atoms with E-state index in [0.717, 1.165) is 0 Å². The zero-order chi connectivity index (χ0) is 15.5. The fourth-order valence-corrected chi connectivity index (χ4v) is 2.66. The third kappa shape index (κ3) is 3.71. The maximum Gasteiger partial charge on any atom is 0.419 e. The van der Waals surface area contributed by atoms with Crippen molar-refractivity contribution in [2.75, 3.05) is 32.9 Å². The van der Waals surface area contributed by atoms with E-state index < -0.39 is 30.3 Å². The first-order valence-electron chi connectivity index (χ1n) is 6.81. The van der Waals surface area contributed by atoms with Crippen molar-refractivity contribution in [1.82, 2.24) is 10.2 Å². The lowest BCUT2D eigenvalue weighted by molar-refractivity contribution is -0.140. The second kappa shape index (κ2) is 6.70. The third-order valence-corrected chi connectivity index (χ3v) is 3.67. The summed E-state index contributed by atoms with van der Waals surface area (Å²) in [7, 11) is 0. The first-order valence-corrected chi connectivity index (χ1v) is 6.81. The molecule has 21 heavy (non-hydrogen) atoms. The molecule has 0 aliphatic carbocycles. The molecule has 0 aromatic heterocycles. The monoisotopic (exact) mass is 308 g/mol. The van der Waals surface area contributed by atoms with Gasteiger partial charge in [0, 0.05) is 37.8 Å². The topological polar surface area (TPSA) is 15.3 Å². The summed E-state index contributed by atoms with van der Waals surface area (Å²) in [6.07, 6.45) is -4.76. The van der Waals surface area contributed by atoms with Crippen LogP contribution in [0, 0.1) is 5.82 Å². The molecule has 0 saturated carbocycles. The van der Waals surface area contributed by atoms with Gasteiger partial charge >= 0.3 is 6.18 Å². The minimum absolute atomic E-state index is 0.0156. The molecule has 1 aliphatic rings. The summed E-state index contributed by atoms with van der Waals surface area (Å²) in [5, 5.41) is 3.10. The molecule has 0 radical (unpaired) electrons. The van der Waals surface area contributed by atoms with Crippen LogP contribution >= 0.6 is 0 Å². The minimum atomic E-state index is -4.75. The number of hydrogen-bond acceptors (Lipinski definition) is 2. The number of hydrogen-bond donors (Lipinski definition) is 1. The zero-order valence-corrected chi connectivity index (χ0v) is 11.4. The summed E-state index contributed by atoms with van der Waals surface area (Å²) >= 11 is 0. The van der Waals surface area contributed by atoms with E-state index in [-0.39, 0.29) is 12.0 Å². The maximum atomic E-state index is 14.2. The van der Waals surface area contributed by atoms with E-state index in [1.54, 1.807) is 0 Å². The van der Waals surface area contributed by atoms with Crippen molar-refractivity contribution in [3.8, 4) is 0 Å². The van der Waals surface area contributed by atoms with E-state index in [1.807, 2.05) is 4.90 Å². The van der Waals surface area contributed by atoms with Crippen molar-refractivity contribution in [3.63, 3.8) is 0 Å². The van der Waals surface area contributed by atoms with Crippen molar-refractivity contribution in [3.05, 3.63) is 35.1 Å². The van der Waals surface area contributed by atoms with Crippen LogP contribution in [0.1, 0.15) is 23.6 Å². The first-order chi connectivity index (χ1) is 9.95. The molecule has 0 unspecified atom stereocenters. The number of nitrogens with zero attached hydrogens (tertiary/aromatic N) is 1. The number of benzene rings is 1. The first kappa shape index (κ1) is 16.2. The molecule has 1 N–H and O–H groups in total. The Morgan fingerprint density at radius 2 is 1.86 bits per heavy atom. The quantitative estimate of drug-likeness (QED) is 0.860. The zero-order valence-electron chi connectivity index (χ0n) is 11.4. The molecule has 1 atom stereocenters. The minimum Gasteiger partial charge on any atom is -0.314 e. The Hall–Kier alpha value is -1.21. The molecule has 0 bridgehead atoms. The van der Waals surface area contributed by atoms with Crippen LogP contribution in [-0.4, -0.2) is 37.8 Å². The van der Waals surface area contributed by atoms with Gasteiger partial charge in [-0.3, -0.25) is 9.29 Å². The summed E-state index contributed by atoms with van der Waals surface area (Å²) < 4.78 is 65.3. The van der Waals surface area contributed by atoms with Gasteiger partial charge in [-0.25, -0.2) is 4.39 Å². The average molecular weight is 308 g/mol. The van der Waals surface area contributed by atoms with Crippen LogP contribution in [0.15, 0.2) is 18.2 Å². The molecule has 1 heterocycles. The van der Waals surface area contributed by atoms with Gasteiger partial charge in [-0.1, -0.05) is 12.1 Å². The maximum absolute atomic E-state index is 14.2. The number of rotatable bonds is 4. The van der Waals surface area contributed by atoms with Crippen LogP contribution in [0.4, 0.5) is 22.0 Å². The average Bonchev–Trinajstić information content (AvgIpc) is 2.45. The second-order valence-electron chi connectivity index (χ2n) is 4.99. The SMILES string of the molecule is FCC[C@@H](c1cccc(C(F)(F)F)c1F)N1CCNCC1. The molecular weight excluding hydrogens is 291 g/mol. The number of alkyl halides is 4. The van der Waals surface area contributed by atoms with E-state index in [4.69, 9.17) is 0 Å². The fourth-order valence-electron chi connectivity index (χ4n) is 2.66. The highest BCUT2D eigenvalue weighted by Crippen LogP contribution is 2.36. The molecule has 1 aromatic carbocycles. The van der Waals surface area contributed by atoms with Gasteiger partial charge in [0.15, 0.2) is 0 Å². The predicted molar refractivity (Wildman–Crippen MR) is 69.2 cm³/mol. The third-order valence-electron chi connectivity index (χ3n) is 3.67. The Labute approximate surface area is 119 Å². The lowest BCUT2D eigenvalue weighted by Crippen LogP contribution is -2.45. The highest BCUT2D eigenvalue weighted by Gasteiger charge is 2.36. The van der Waals surface area contributed by atoms with E-state index in [9.17, 15) is 22.0 Å². The van der Waals surface area contributed by atoms with Crippen molar-refractivity contribution in [1.29, 1.82) is 0 Å². The van der Waals surface area contributed by atoms with Crippen LogP contribution in [0.25, 0.3) is 0 Å². The predicted octanol–water partition coefficient (Wildman–Crippen LogP) is 3.15. The van der Waals surface area contributed by atoms with E-state index >= 15 is 0 Å². The molecule has 1 aliphatic heterocycles. The molecule has 1 fully saturated rings. The van der Waals surface area contributed by atoms with Crippen LogP contribution in [-0.2, 0) is 6.18 Å². The molecular formula is C14H17F5N2. The molecule has 1 aromatic rings. The van der Waals surface area contributed by atoms with Crippen molar-refractivity contribution in [2.24, 2.45) is 0 Å². The van der Waals surface area contributed by atoms with Gasteiger partial charge < -0.3 is 5.32 Å². The summed E-state index contributed by atoms with van der Waals surface area (Å²) in [4.78, 5) is 1.83. The Kier molecular flexibility index (Phi) is 5.16. The van der Waals surface area contributed by atoms with Gasteiger partial charge in [-0.2, -0.15) is 13.2 Å². The molecule has 0 spiro atoms. The number of halogens is 5. The van der Waals surface area contributed by atoms with E-state index in [2.05, 4.69) is 5.32 Å². The van der Waals surface area contributed by atoms with Crippen molar-refractivity contribution < 1.29 is 22.0 Å². The van der Waals surface area contributed by atoms with Gasteiger partial charge in [0.05, 0.1) is 12.2 Å². The van der Waals surface area contributed by atoms with Gasteiger partial charge in [-0.15, -0.1) is 0 Å². The van der Waals surface area contributed by atoms with Crippen LogP contribution in [0.2, 0.25) is 0 Å². The molecule has 0 amide bonds. The number of nitrogens with one attached hydrogen (secondary N) is 1. The van der Waals surface area contributed by atoms with Crippen LogP contribution < -0.4 is 5.32 Å². The van der Waals surface area contributed by atoms with Gasteiger partial charge in [0.1, 0.15) is 5.82 Å². The standard InChI is InChI=1S/C14H17F5N2/c15-5-4-12(21-8-6-20-7-9-21)10-2-1-3-11(13(10)16)14(17,18)19/h1-3,12,20H,4-9H2/t12-/m0/s1. The van der Waals surface area contributed by atoms with Crippen molar-refractivity contribution in [2.45, 2.75) is 18.6 Å². The van der Waals surface area contributed by atoms with Gasteiger partial charge in [0.25, 0.3) is 0 Å². The largest absolute Gasteiger partial charge is 0.419 e. The summed E-state index contributed by atoms with van der Waals surface area (Å²) in [5.41, 5.74) is -1.37. The summed E-state index contributed by atoms with van der Waals surface area (Å²) in [5.74, 6) is -1.29. The smallest absolute Gasteiger partial charge is 0.314 e. The Bertz CT molecular complexity index is 469. The lowest BCUT2D eigenvalue weighted by Gasteiger charge is -2.35. The van der Waals surface area contributed by atoms with E-state index in [1.165, 1.54) is 12.1 Å². The Balaban J connectivity index is 2.36. The highest BCUT2D eigenvalue weighted by atomic mass is 19.4. The Morgan fingerprint density at radius 3 is 2.43 bits per heavy atom. The molecule has 2 nitrogen and oxygen atoms in total. The second-order valence-corrected chi connectivity index (χ2v) is 4.99. The van der Waals surface area contributed by atoms with Gasteiger partial charge in [-0.05, 0) is 12.5 Å². The fraction of sp³-hybridized carbons (Fsp3) is 0.571. The summed E-state index contributed by atoms with van der Waals surface area (Å²) in [6.45, 7) is 1.72. The van der Waals surface area contributed by atoms with Crippen LogP contribution in [0.5, 0.6) is 0 Å². The number of piperazine rings is 1. The lowest BCUT2D eigenvalue weighted by atomic mass is 9.98. The normalized spacial score (nSPS) is 18.7. The van der Waals surface area contributed by atoms with Crippen LogP contribution in [0.3, 0.4) is 0 Å². The van der Waals surface area contributed by atoms with Crippen molar-refractivity contribution >= 4 is 0 Å². The van der Waals surface area contributed by atoms with Gasteiger partial charge in [0.2, 0.25) is 0 Å². The Morgan fingerprint density at radius 1 is 1.19 bits per heavy atom. The van der Waals surface area contributed by atoms with E-state index in [0.29, 0.717) is 32.2 Å². The highest BCUT2D eigenvalue weighted by molar-refractivity contribution is 5.30. The molecule has 1 saturated heterocycles. The molecule has 7 heteroatoms. The summed E-state index contributed by atoms with van der Waals surface area (Å²) in [6, 6.07) is 2.53.